The molecule has 0 spiro atoms. The van der Waals surface area contributed by atoms with Gasteiger partial charge in [-0.25, -0.2) is 0 Å². The first-order valence-electron chi connectivity index (χ1n) is 33.1. The number of hydrogen-bond acceptors (Lipinski definition) is 27. The summed E-state index contributed by atoms with van der Waals surface area (Å²) in [4.78, 5) is 88.8. The molecule has 2 aromatic carbocycles. The number of fused-ring (bicyclic) bond motifs is 1. The second kappa shape index (κ2) is 33.1. The van der Waals surface area contributed by atoms with Gasteiger partial charge < -0.3 is 147 Å². The molecule has 1 aliphatic carbocycles. The van der Waals surface area contributed by atoms with E-state index in [4.69, 9.17) is 44.0 Å². The fourth-order valence-corrected chi connectivity index (χ4v) is 13.8. The first-order valence-corrected chi connectivity index (χ1v) is 33.1. The molecule has 0 radical (unpaired) electrons. The molecule has 26 atom stereocenters. The van der Waals surface area contributed by atoms with Crippen LogP contribution in [0.1, 0.15) is 62.5 Å². The van der Waals surface area contributed by atoms with Crippen LogP contribution in [-0.2, 0) is 63.6 Å². The maximum Gasteiger partial charge on any atom is 0.246 e. The first-order chi connectivity index (χ1) is 47.4. The Morgan fingerprint density at radius 3 is 1.92 bits per heavy atom. The number of rotatable bonds is 18. The molecule has 37 nitrogen and oxygen atoms in total. The van der Waals surface area contributed by atoms with Gasteiger partial charge in [0, 0.05) is 31.3 Å². The number of guanidine groups is 2. The Kier molecular flexibility index (Phi) is 24.9. The predicted molar refractivity (Wildman–Crippen MR) is 334 cm³/mol. The van der Waals surface area contributed by atoms with Crippen LogP contribution in [0.25, 0.3) is 0 Å². The van der Waals surface area contributed by atoms with Crippen molar-refractivity contribution < 1.29 is 123 Å². The maximum atomic E-state index is 15.3. The number of benzene rings is 2. The smallest absolute Gasteiger partial charge is 0.246 e. The molecule has 548 valence electrons. The number of carbonyl (C=O) groups excluding carboxylic acids is 6. The molecule has 37 heteroatoms. The summed E-state index contributed by atoms with van der Waals surface area (Å²) in [6.07, 6.45) is -25.0. The third-order valence-electron chi connectivity index (χ3n) is 19.4. The van der Waals surface area contributed by atoms with Gasteiger partial charge >= 0.3 is 0 Å². The van der Waals surface area contributed by atoms with Crippen LogP contribution < -0.4 is 52.6 Å². The lowest BCUT2D eigenvalue weighted by Crippen LogP contribution is -2.69. The van der Waals surface area contributed by atoms with Crippen molar-refractivity contribution in [3.05, 3.63) is 65.7 Å². The van der Waals surface area contributed by atoms with Gasteiger partial charge in [-0.2, -0.15) is 0 Å². The van der Waals surface area contributed by atoms with E-state index in [0.717, 1.165) is 37.0 Å². The van der Waals surface area contributed by atoms with Crippen LogP contribution in [0.2, 0.25) is 0 Å². The summed E-state index contributed by atoms with van der Waals surface area (Å²) < 4.78 is 41.6. The van der Waals surface area contributed by atoms with Crippen molar-refractivity contribution in [1.29, 1.82) is 10.8 Å². The molecule has 8 fully saturated rings. The van der Waals surface area contributed by atoms with Crippen LogP contribution in [0.3, 0.4) is 0 Å². The number of nitrogens with zero attached hydrogens (tertiary/aromatic N) is 1. The summed E-state index contributed by atoms with van der Waals surface area (Å²) in [7, 11) is 0. The van der Waals surface area contributed by atoms with Gasteiger partial charge in [0.15, 0.2) is 30.7 Å². The molecular formula is C62H90N12O25. The molecule has 1 saturated carbocycles. The molecule has 7 heterocycles. The van der Waals surface area contributed by atoms with Crippen molar-refractivity contribution in [1.82, 2.24) is 52.8 Å². The van der Waals surface area contributed by atoms with Crippen LogP contribution in [-0.4, -0.2) is 312 Å². The van der Waals surface area contributed by atoms with Gasteiger partial charge in [0.05, 0.1) is 45.1 Å². The topological polar surface area (TPSA) is 569 Å². The Morgan fingerprint density at radius 2 is 1.25 bits per heavy atom. The van der Waals surface area contributed by atoms with Crippen molar-refractivity contribution in [2.45, 2.75) is 211 Å². The van der Waals surface area contributed by atoms with Crippen molar-refractivity contribution in [3.8, 4) is 5.75 Å². The average Bonchev–Trinajstić information content (AvgIpc) is 1.45. The second-order valence-electron chi connectivity index (χ2n) is 25.9. The molecule has 10 rings (SSSR count). The van der Waals surface area contributed by atoms with Gasteiger partial charge in [-0.3, -0.25) is 39.6 Å². The van der Waals surface area contributed by atoms with Gasteiger partial charge in [0.1, 0.15) is 121 Å². The standard InChI is InChI=1S/C62H90N12O25/c1-2-29(26-9-5-3-6-10-26)38-54(90)68-30(17-25-13-15-28(16-14-25)94-59-48(86)45(83)50(35(23-77)96-59)99-60-49(87)46(84)51-36(97-60)24-93-58(98-51)27-11-7-4-8-12-27)53(89)72-39(41(79)31-18-66-61(63)70-31)56(92)73-40(55(91)69-32(21-75)52(88)65-20-37(78)71-38)42(80)33-19-67-62(64)74(33)57-47(85)44(82)43(81)34(22-76)95-57/h3,5-6,9-10,13-16,27,29-36,38-51,57-60,75-77,79-87H,2,4,7-8,11-12,17-24H2,1H3,(H2,64,67)(H,65,88)(H,68,90)(H,69,91)(H,71,78)(H,72,89)(H,73,92)(H3,63,66,70). The van der Waals surface area contributed by atoms with E-state index < -0.39 is 239 Å². The largest absolute Gasteiger partial charge is 0.462 e. The average molecular weight is 1400 g/mol. The highest BCUT2D eigenvalue weighted by molar-refractivity contribution is 5.98. The van der Waals surface area contributed by atoms with Crippen molar-refractivity contribution in [2.24, 2.45) is 5.92 Å². The van der Waals surface area contributed by atoms with Gasteiger partial charge in [0.2, 0.25) is 41.7 Å². The maximum absolute atomic E-state index is 15.3. The summed E-state index contributed by atoms with van der Waals surface area (Å²) in [6.45, 7) is -2.81. The van der Waals surface area contributed by atoms with E-state index in [1.807, 2.05) is 0 Å². The zero-order chi connectivity index (χ0) is 71.1. The molecule has 7 saturated heterocycles. The fourth-order valence-electron chi connectivity index (χ4n) is 13.8. The van der Waals surface area contributed by atoms with Crippen molar-refractivity contribution in [2.75, 3.05) is 46.1 Å². The van der Waals surface area contributed by atoms with Gasteiger partial charge in [0.25, 0.3) is 0 Å². The SMILES string of the molecule is CCC(c1ccccc1)C1NC(=O)CNC(=O)C(CO)NC(=O)C(C(O)C2CNC(=N)N2C2OC(CO)C(O)C(O)C2O)NC(=O)C(C(O)C2CNC(=N)N2)NC(=O)C(Cc2ccc(OC3OC(CO)C(OC4OC5COC(C6CCCCC6)OC5C(O)C4O)C(O)C3O)cc2)NC1=O. The monoisotopic (exact) mass is 1400 g/mol. The Balaban J connectivity index is 0.916. The van der Waals surface area contributed by atoms with Gasteiger partial charge in [-0.05, 0) is 42.5 Å². The summed E-state index contributed by atoms with van der Waals surface area (Å²) in [6, 6.07) is 1.17. The molecule has 99 heavy (non-hydrogen) atoms. The fraction of sp³-hybridized carbons (Fsp3) is 0.677. The predicted octanol–water partition coefficient (Wildman–Crippen LogP) is -9.83. The van der Waals surface area contributed by atoms with Crippen molar-refractivity contribution >= 4 is 47.4 Å². The van der Waals surface area contributed by atoms with E-state index in [2.05, 4.69) is 47.9 Å². The molecule has 0 aromatic heterocycles. The molecular weight excluding hydrogens is 1310 g/mol. The summed E-state index contributed by atoms with van der Waals surface area (Å²) >= 11 is 0. The highest BCUT2D eigenvalue weighted by atomic mass is 16.8. The molecule has 2 aromatic rings. The van der Waals surface area contributed by atoms with E-state index in [-0.39, 0.29) is 42.8 Å². The molecule has 26 unspecified atom stereocenters. The Bertz CT molecular complexity index is 3130. The third-order valence-corrected chi connectivity index (χ3v) is 19.4. The minimum Gasteiger partial charge on any atom is -0.462 e. The van der Waals surface area contributed by atoms with Crippen LogP contribution in [0, 0.1) is 16.7 Å². The minimum atomic E-state index is -2.35. The lowest BCUT2D eigenvalue weighted by molar-refractivity contribution is -0.386. The van der Waals surface area contributed by atoms with Crippen molar-refractivity contribution in [3.63, 3.8) is 0 Å². The molecule has 6 amide bonds. The Hall–Kier alpha value is -7.12. The number of ether oxygens (including phenoxy) is 7. The Labute approximate surface area is 566 Å². The summed E-state index contributed by atoms with van der Waals surface area (Å²) in [5.74, 6) is -8.96. The number of carbonyl (C=O) groups is 6. The number of amides is 6. The molecule has 8 aliphatic rings. The number of aliphatic hydroxyl groups is 12. The van der Waals surface area contributed by atoms with Crippen LogP contribution in [0.4, 0.5) is 0 Å². The third kappa shape index (κ3) is 16.8. The van der Waals surface area contributed by atoms with E-state index in [1.54, 1.807) is 37.3 Å². The quantitative estimate of drug-likeness (QED) is 0.0659. The minimum absolute atomic E-state index is 0.00593. The molecule has 0 bridgehead atoms. The van der Waals surface area contributed by atoms with E-state index in [1.165, 1.54) is 24.3 Å². The van der Waals surface area contributed by atoms with E-state index >= 15 is 14.4 Å². The highest BCUT2D eigenvalue weighted by Gasteiger charge is 2.56. The van der Waals surface area contributed by atoms with Crippen LogP contribution in [0.5, 0.6) is 5.75 Å². The second-order valence-corrected chi connectivity index (χ2v) is 25.9. The zero-order valence-electron chi connectivity index (χ0n) is 53.8. The van der Waals surface area contributed by atoms with E-state index in [0.29, 0.717) is 5.56 Å². The normalized spacial score (nSPS) is 38.0. The van der Waals surface area contributed by atoms with Gasteiger partial charge in [-0.15, -0.1) is 0 Å². The first kappa shape index (κ1) is 74.6. The Morgan fingerprint density at radius 1 is 0.596 bits per heavy atom. The molecule has 23 N–H and O–H groups in total. The van der Waals surface area contributed by atoms with Crippen LogP contribution >= 0.6 is 0 Å². The molecule has 7 aliphatic heterocycles. The lowest BCUT2D eigenvalue weighted by Gasteiger charge is -2.49. The number of aliphatic hydroxyl groups excluding tert-OH is 12. The lowest BCUT2D eigenvalue weighted by atomic mass is 9.88. The highest BCUT2D eigenvalue weighted by Crippen LogP contribution is 2.38. The zero-order valence-corrected chi connectivity index (χ0v) is 53.8. The number of hydrogen-bond donors (Lipinski definition) is 23. The number of nitrogens with one attached hydrogen (secondary N) is 11. The van der Waals surface area contributed by atoms with Crippen LogP contribution in [0.15, 0.2) is 54.6 Å². The van der Waals surface area contributed by atoms with E-state index in [9.17, 15) is 75.7 Å². The summed E-state index contributed by atoms with van der Waals surface area (Å²) in [5, 5.41) is 173. The summed E-state index contributed by atoms with van der Waals surface area (Å²) in [5.41, 5.74) is 0.779. The van der Waals surface area contributed by atoms with Gasteiger partial charge in [-0.1, -0.05) is 68.7 Å².